The summed E-state index contributed by atoms with van der Waals surface area (Å²) in [5.74, 6) is 3.79. The maximum atomic E-state index is 13.2. The molecule has 7 heteroatoms. The van der Waals surface area contributed by atoms with Crippen molar-refractivity contribution in [1.29, 1.82) is 0 Å². The average molecular weight is 388 g/mol. The van der Waals surface area contributed by atoms with Gasteiger partial charge in [-0.05, 0) is 56.8 Å². The summed E-state index contributed by atoms with van der Waals surface area (Å²) >= 11 is 0. The molecule has 0 radical (unpaired) electrons. The molecule has 0 aromatic carbocycles. The lowest BCUT2D eigenvalue weighted by Gasteiger charge is -2.44. The number of nitrogens with zero attached hydrogens (tertiary/aromatic N) is 4. The Morgan fingerprint density at radius 2 is 1.82 bits per heavy atom. The van der Waals surface area contributed by atoms with Crippen molar-refractivity contribution in [3.8, 4) is 0 Å². The topological polar surface area (TPSA) is 88.5 Å². The number of aromatic nitrogens is 2. The predicted molar refractivity (Wildman–Crippen MR) is 104 cm³/mol. The van der Waals surface area contributed by atoms with Crippen LogP contribution in [0.25, 0.3) is 0 Å². The Morgan fingerprint density at radius 1 is 1.04 bits per heavy atom. The summed E-state index contributed by atoms with van der Waals surface area (Å²) in [4.78, 5) is 22.2. The van der Waals surface area contributed by atoms with E-state index in [4.69, 9.17) is 10.3 Å². The van der Waals surface area contributed by atoms with Crippen LogP contribution >= 0.6 is 0 Å². The van der Waals surface area contributed by atoms with Crippen LogP contribution in [0.4, 0.5) is 0 Å². The molecule has 2 atom stereocenters. The van der Waals surface area contributed by atoms with Gasteiger partial charge in [0, 0.05) is 44.1 Å². The standard InChI is InChI=1S/C21H33N5O2/c22-19-15-3-1-4-16(19)12-17(11-15)21(27)26-8-2-7-25(9-10-26)13-18-23-20(28-24-18)14-5-6-14/h14-17,19H,1-13,22H2. The molecule has 2 heterocycles. The smallest absolute Gasteiger partial charge is 0.229 e. The molecule has 7 nitrogen and oxygen atoms in total. The van der Waals surface area contributed by atoms with E-state index >= 15 is 0 Å². The van der Waals surface area contributed by atoms with Crippen LogP contribution in [0, 0.1) is 17.8 Å². The Labute approximate surface area is 167 Å². The monoisotopic (exact) mass is 387 g/mol. The largest absolute Gasteiger partial charge is 0.341 e. The van der Waals surface area contributed by atoms with Gasteiger partial charge in [-0.1, -0.05) is 11.6 Å². The van der Waals surface area contributed by atoms with Crippen LogP contribution in [0.3, 0.4) is 0 Å². The number of amides is 1. The SMILES string of the molecule is NC1C2CCCC1CC(C(=O)N1CCCN(Cc3noc(C4CC4)n3)CC1)C2. The van der Waals surface area contributed by atoms with Crippen molar-refractivity contribution >= 4 is 5.91 Å². The van der Waals surface area contributed by atoms with Crippen molar-refractivity contribution in [2.75, 3.05) is 26.2 Å². The quantitative estimate of drug-likeness (QED) is 0.851. The van der Waals surface area contributed by atoms with Crippen molar-refractivity contribution < 1.29 is 9.32 Å². The van der Waals surface area contributed by atoms with Crippen LogP contribution in [0.2, 0.25) is 0 Å². The van der Waals surface area contributed by atoms with Gasteiger partial charge in [0.1, 0.15) is 0 Å². The zero-order valence-corrected chi connectivity index (χ0v) is 16.8. The van der Waals surface area contributed by atoms with Crippen molar-refractivity contribution in [2.24, 2.45) is 23.5 Å². The van der Waals surface area contributed by atoms with E-state index in [-0.39, 0.29) is 5.92 Å². The second kappa shape index (κ2) is 7.75. The van der Waals surface area contributed by atoms with Gasteiger partial charge in [0.2, 0.25) is 11.8 Å². The first-order valence-electron chi connectivity index (χ1n) is 11.3. The van der Waals surface area contributed by atoms with Gasteiger partial charge in [-0.3, -0.25) is 9.69 Å². The maximum Gasteiger partial charge on any atom is 0.229 e. The zero-order chi connectivity index (χ0) is 19.1. The van der Waals surface area contributed by atoms with Crippen LogP contribution in [0.15, 0.2) is 4.52 Å². The Hall–Kier alpha value is -1.47. The molecule has 2 N–H and O–H groups in total. The Kier molecular flexibility index (Phi) is 5.13. The fourth-order valence-electron chi connectivity index (χ4n) is 5.63. The Morgan fingerprint density at radius 3 is 2.57 bits per heavy atom. The van der Waals surface area contributed by atoms with E-state index in [1.54, 1.807) is 0 Å². The van der Waals surface area contributed by atoms with Gasteiger partial charge < -0.3 is 15.2 Å². The summed E-state index contributed by atoms with van der Waals surface area (Å²) < 4.78 is 5.38. The average Bonchev–Trinajstić information content (AvgIpc) is 3.46. The van der Waals surface area contributed by atoms with Crippen molar-refractivity contribution in [1.82, 2.24) is 19.9 Å². The van der Waals surface area contributed by atoms with Crippen LogP contribution in [0.5, 0.6) is 0 Å². The third-order valence-corrected chi connectivity index (χ3v) is 7.44. The molecule has 5 rings (SSSR count). The summed E-state index contributed by atoms with van der Waals surface area (Å²) in [6, 6.07) is 0.327. The number of fused-ring (bicyclic) bond motifs is 2. The predicted octanol–water partition coefficient (Wildman–Crippen LogP) is 2.13. The number of nitrogens with two attached hydrogens (primary N) is 1. The number of hydrogen-bond acceptors (Lipinski definition) is 6. The third-order valence-electron chi connectivity index (χ3n) is 7.44. The molecule has 1 aliphatic heterocycles. The molecule has 4 aliphatic rings. The number of rotatable bonds is 4. The van der Waals surface area contributed by atoms with E-state index in [0.29, 0.717) is 29.7 Å². The van der Waals surface area contributed by atoms with E-state index < -0.39 is 0 Å². The Balaban J connectivity index is 1.15. The highest BCUT2D eigenvalue weighted by atomic mass is 16.5. The molecule has 1 aromatic rings. The molecule has 3 aliphatic carbocycles. The van der Waals surface area contributed by atoms with E-state index in [1.807, 2.05) is 0 Å². The molecular formula is C21H33N5O2. The van der Waals surface area contributed by atoms with Gasteiger partial charge in [0.15, 0.2) is 5.82 Å². The van der Waals surface area contributed by atoms with Crippen LogP contribution in [-0.4, -0.2) is 58.1 Å². The molecule has 1 aromatic heterocycles. The van der Waals surface area contributed by atoms with Gasteiger partial charge in [0.05, 0.1) is 6.54 Å². The molecule has 4 fully saturated rings. The molecule has 2 unspecified atom stereocenters. The summed E-state index contributed by atoms with van der Waals surface area (Å²) in [6.07, 6.45) is 9.09. The van der Waals surface area contributed by atoms with Gasteiger partial charge >= 0.3 is 0 Å². The molecule has 28 heavy (non-hydrogen) atoms. The number of hydrogen-bond donors (Lipinski definition) is 1. The maximum absolute atomic E-state index is 13.2. The molecule has 3 saturated carbocycles. The van der Waals surface area contributed by atoms with Crippen LogP contribution in [0.1, 0.15) is 69.0 Å². The van der Waals surface area contributed by atoms with Gasteiger partial charge in [0.25, 0.3) is 0 Å². The molecule has 154 valence electrons. The molecule has 2 bridgehead atoms. The lowest BCUT2D eigenvalue weighted by molar-refractivity contribution is -0.138. The van der Waals surface area contributed by atoms with Crippen molar-refractivity contribution in [3.63, 3.8) is 0 Å². The molecule has 0 spiro atoms. The highest BCUT2D eigenvalue weighted by Crippen LogP contribution is 2.42. The summed E-state index contributed by atoms with van der Waals surface area (Å²) in [5, 5.41) is 4.15. The van der Waals surface area contributed by atoms with Crippen LogP contribution < -0.4 is 5.73 Å². The molecule has 1 saturated heterocycles. The highest BCUT2D eigenvalue weighted by molar-refractivity contribution is 5.79. The minimum Gasteiger partial charge on any atom is -0.341 e. The van der Waals surface area contributed by atoms with Gasteiger partial charge in [-0.2, -0.15) is 4.98 Å². The summed E-state index contributed by atoms with van der Waals surface area (Å²) in [6.45, 7) is 4.27. The Bertz CT molecular complexity index is 689. The fraction of sp³-hybridized carbons (Fsp3) is 0.857. The van der Waals surface area contributed by atoms with Crippen molar-refractivity contribution in [2.45, 2.75) is 69.9 Å². The second-order valence-corrected chi connectivity index (χ2v) is 9.47. The minimum atomic E-state index is 0.194. The third kappa shape index (κ3) is 3.83. The first-order valence-corrected chi connectivity index (χ1v) is 11.3. The fourth-order valence-corrected chi connectivity index (χ4v) is 5.63. The second-order valence-electron chi connectivity index (χ2n) is 9.47. The van der Waals surface area contributed by atoms with Crippen molar-refractivity contribution in [3.05, 3.63) is 11.7 Å². The number of carbonyl (C=O) groups is 1. The summed E-state index contributed by atoms with van der Waals surface area (Å²) in [5.41, 5.74) is 6.41. The normalized spacial score (nSPS) is 34.2. The van der Waals surface area contributed by atoms with Crippen LogP contribution in [-0.2, 0) is 11.3 Å². The van der Waals surface area contributed by atoms with E-state index in [2.05, 4.69) is 19.9 Å². The van der Waals surface area contributed by atoms with E-state index in [0.717, 1.165) is 63.7 Å². The van der Waals surface area contributed by atoms with E-state index in [9.17, 15) is 4.79 Å². The minimum absolute atomic E-state index is 0.194. The first kappa shape index (κ1) is 18.6. The van der Waals surface area contributed by atoms with Gasteiger partial charge in [-0.25, -0.2) is 0 Å². The molecular weight excluding hydrogens is 354 g/mol. The lowest BCUT2D eigenvalue weighted by atomic mass is 9.65. The number of carbonyl (C=O) groups excluding carboxylic acids is 1. The zero-order valence-electron chi connectivity index (χ0n) is 16.8. The van der Waals surface area contributed by atoms with E-state index in [1.165, 1.54) is 32.1 Å². The highest BCUT2D eigenvalue weighted by Gasteiger charge is 2.41. The van der Waals surface area contributed by atoms with Gasteiger partial charge in [-0.15, -0.1) is 0 Å². The summed E-state index contributed by atoms with van der Waals surface area (Å²) in [7, 11) is 0. The lowest BCUT2D eigenvalue weighted by Crippen LogP contribution is -2.50. The molecule has 1 amide bonds. The first-order chi connectivity index (χ1) is 13.7.